The van der Waals surface area contributed by atoms with Crippen molar-refractivity contribution in [1.29, 1.82) is 0 Å². The Labute approximate surface area is 128 Å². The smallest absolute Gasteiger partial charge is 0.273 e. The zero-order valence-corrected chi connectivity index (χ0v) is 12.4. The molecule has 2 aromatic heterocycles. The molecule has 1 aliphatic rings. The lowest BCUT2D eigenvalue weighted by atomic mass is 10.1. The second-order valence-electron chi connectivity index (χ2n) is 5.30. The second-order valence-corrected chi connectivity index (χ2v) is 5.68. The van der Waals surface area contributed by atoms with Crippen molar-refractivity contribution in [1.82, 2.24) is 9.88 Å². The topological polar surface area (TPSA) is 46.3 Å². The van der Waals surface area contributed by atoms with Gasteiger partial charge in [0.1, 0.15) is 16.6 Å². The highest BCUT2D eigenvalue weighted by atomic mass is 35.5. The van der Waals surface area contributed by atoms with Gasteiger partial charge in [-0.2, -0.15) is 0 Å². The molecule has 0 unspecified atom stereocenters. The third kappa shape index (κ3) is 3.27. The molecule has 5 heteroatoms. The Morgan fingerprint density at radius 2 is 2.10 bits per heavy atom. The number of aromatic nitrogens is 1. The number of carbonyl (C=O) groups is 1. The lowest BCUT2D eigenvalue weighted by Gasteiger charge is -2.28. The summed E-state index contributed by atoms with van der Waals surface area (Å²) in [7, 11) is 0. The normalized spacial score (nSPS) is 15.3. The summed E-state index contributed by atoms with van der Waals surface area (Å²) in [4.78, 5) is 18.8. The maximum atomic E-state index is 12.8. The van der Waals surface area contributed by atoms with Crippen LogP contribution in [0.1, 0.15) is 41.9 Å². The summed E-state index contributed by atoms with van der Waals surface area (Å²) in [5, 5.41) is 0.338. The van der Waals surface area contributed by atoms with Gasteiger partial charge in [-0.1, -0.05) is 30.5 Å². The highest BCUT2D eigenvalue weighted by Gasteiger charge is 2.28. The van der Waals surface area contributed by atoms with Gasteiger partial charge in [0.25, 0.3) is 5.91 Å². The number of nitrogens with zero attached hydrogens (tertiary/aromatic N) is 2. The predicted octanol–water partition coefficient (Wildman–Crippen LogP) is 3.91. The number of carbonyl (C=O) groups excluding carboxylic acids is 1. The predicted molar refractivity (Wildman–Crippen MR) is 80.1 cm³/mol. The van der Waals surface area contributed by atoms with E-state index in [0.717, 1.165) is 31.4 Å². The first-order valence-electron chi connectivity index (χ1n) is 7.20. The summed E-state index contributed by atoms with van der Waals surface area (Å²) in [6.07, 6.45) is 6.02. The fourth-order valence-corrected chi connectivity index (χ4v) is 2.99. The maximum Gasteiger partial charge on any atom is 0.273 e. The van der Waals surface area contributed by atoms with Crippen molar-refractivity contribution in [3.8, 4) is 0 Å². The van der Waals surface area contributed by atoms with Crippen LogP contribution in [0.4, 0.5) is 0 Å². The summed E-state index contributed by atoms with van der Waals surface area (Å²) >= 11 is 5.90. The Kier molecular flexibility index (Phi) is 4.25. The molecule has 0 bridgehead atoms. The minimum absolute atomic E-state index is 0.0826. The van der Waals surface area contributed by atoms with Gasteiger partial charge in [0.05, 0.1) is 12.8 Å². The molecule has 21 heavy (non-hydrogen) atoms. The lowest BCUT2D eigenvalue weighted by molar-refractivity contribution is 0.0643. The number of furan rings is 1. The molecule has 1 amide bonds. The van der Waals surface area contributed by atoms with Crippen molar-refractivity contribution in [2.75, 3.05) is 0 Å². The monoisotopic (exact) mass is 304 g/mol. The Hall–Kier alpha value is -1.81. The van der Waals surface area contributed by atoms with E-state index < -0.39 is 0 Å². The molecule has 0 aromatic carbocycles. The van der Waals surface area contributed by atoms with Crippen LogP contribution < -0.4 is 0 Å². The molecular formula is C16H17ClN2O2. The van der Waals surface area contributed by atoms with Crippen LogP contribution in [0.25, 0.3) is 0 Å². The molecular weight excluding hydrogens is 288 g/mol. The van der Waals surface area contributed by atoms with Gasteiger partial charge >= 0.3 is 0 Å². The molecule has 2 heterocycles. The zero-order chi connectivity index (χ0) is 14.7. The highest BCUT2D eigenvalue weighted by Crippen LogP contribution is 2.26. The molecule has 2 aromatic rings. The van der Waals surface area contributed by atoms with E-state index in [-0.39, 0.29) is 11.9 Å². The van der Waals surface area contributed by atoms with Gasteiger partial charge in [-0.05, 0) is 37.1 Å². The zero-order valence-electron chi connectivity index (χ0n) is 11.7. The third-order valence-electron chi connectivity index (χ3n) is 3.87. The van der Waals surface area contributed by atoms with Gasteiger partial charge in [-0.25, -0.2) is 4.98 Å². The fraction of sp³-hybridized carbons (Fsp3) is 0.375. The molecule has 1 aliphatic carbocycles. The van der Waals surface area contributed by atoms with Crippen LogP contribution in [-0.4, -0.2) is 21.8 Å². The van der Waals surface area contributed by atoms with Gasteiger partial charge < -0.3 is 9.32 Å². The van der Waals surface area contributed by atoms with E-state index in [4.69, 9.17) is 16.0 Å². The summed E-state index contributed by atoms with van der Waals surface area (Å²) in [5.41, 5.74) is 0.390. The number of rotatable bonds is 4. The summed E-state index contributed by atoms with van der Waals surface area (Å²) in [6.45, 7) is 0.477. The van der Waals surface area contributed by atoms with Crippen LogP contribution in [0, 0.1) is 0 Å². The van der Waals surface area contributed by atoms with Gasteiger partial charge in [0.2, 0.25) is 0 Å². The van der Waals surface area contributed by atoms with E-state index in [1.807, 2.05) is 17.0 Å². The number of amides is 1. The third-order valence-corrected chi connectivity index (χ3v) is 4.08. The molecule has 0 aliphatic heterocycles. The minimum atomic E-state index is -0.0826. The molecule has 3 rings (SSSR count). The van der Waals surface area contributed by atoms with E-state index in [1.54, 1.807) is 24.5 Å². The van der Waals surface area contributed by atoms with Crippen molar-refractivity contribution < 1.29 is 9.21 Å². The second kappa shape index (κ2) is 6.31. The van der Waals surface area contributed by atoms with Gasteiger partial charge in [-0.15, -0.1) is 0 Å². The van der Waals surface area contributed by atoms with E-state index in [9.17, 15) is 4.79 Å². The summed E-state index contributed by atoms with van der Waals surface area (Å²) < 4.78 is 5.39. The Balaban J connectivity index is 1.85. The van der Waals surface area contributed by atoms with Crippen molar-refractivity contribution in [3.05, 3.63) is 53.2 Å². The molecule has 0 N–H and O–H groups in total. The maximum absolute atomic E-state index is 12.8. The average molecular weight is 305 g/mol. The van der Waals surface area contributed by atoms with E-state index in [1.165, 1.54) is 0 Å². The van der Waals surface area contributed by atoms with Crippen molar-refractivity contribution >= 4 is 17.5 Å². The largest absolute Gasteiger partial charge is 0.467 e. The van der Waals surface area contributed by atoms with Crippen LogP contribution in [0.15, 0.2) is 41.0 Å². The van der Waals surface area contributed by atoms with Crippen LogP contribution >= 0.6 is 11.6 Å². The molecule has 0 radical (unpaired) electrons. The SMILES string of the molecule is O=C(c1cccc(Cl)n1)N(Cc1ccco1)C1CCCC1. The minimum Gasteiger partial charge on any atom is -0.467 e. The van der Waals surface area contributed by atoms with E-state index >= 15 is 0 Å². The fourth-order valence-electron chi connectivity index (χ4n) is 2.83. The molecule has 0 spiro atoms. The summed E-state index contributed by atoms with van der Waals surface area (Å²) in [6, 6.07) is 9.11. The van der Waals surface area contributed by atoms with Crippen LogP contribution in [0.5, 0.6) is 0 Å². The molecule has 4 nitrogen and oxygen atoms in total. The van der Waals surface area contributed by atoms with Crippen molar-refractivity contribution in [3.63, 3.8) is 0 Å². The number of halogens is 1. The average Bonchev–Trinajstić information content (AvgIpc) is 3.17. The lowest BCUT2D eigenvalue weighted by Crippen LogP contribution is -2.38. The molecule has 1 saturated carbocycles. The van der Waals surface area contributed by atoms with Crippen LogP contribution in [-0.2, 0) is 6.54 Å². The van der Waals surface area contributed by atoms with Crippen molar-refractivity contribution in [2.24, 2.45) is 0 Å². The first-order chi connectivity index (χ1) is 10.2. The van der Waals surface area contributed by atoms with E-state index in [2.05, 4.69) is 4.98 Å². The van der Waals surface area contributed by atoms with Gasteiger partial charge in [-0.3, -0.25) is 4.79 Å². The number of pyridine rings is 1. The number of hydrogen-bond donors (Lipinski definition) is 0. The first kappa shape index (κ1) is 14.1. The quantitative estimate of drug-likeness (QED) is 0.804. The molecule has 0 saturated heterocycles. The van der Waals surface area contributed by atoms with E-state index in [0.29, 0.717) is 17.4 Å². The molecule has 0 atom stereocenters. The molecule has 110 valence electrons. The highest BCUT2D eigenvalue weighted by molar-refractivity contribution is 6.29. The Morgan fingerprint density at radius 3 is 2.76 bits per heavy atom. The van der Waals surface area contributed by atoms with Crippen molar-refractivity contribution in [2.45, 2.75) is 38.3 Å². The summed E-state index contributed by atoms with van der Waals surface area (Å²) in [5.74, 6) is 0.707. The van der Waals surface area contributed by atoms with Crippen LogP contribution in [0.2, 0.25) is 5.15 Å². The van der Waals surface area contributed by atoms with Gasteiger partial charge in [0.15, 0.2) is 0 Å². The number of hydrogen-bond acceptors (Lipinski definition) is 3. The van der Waals surface area contributed by atoms with Crippen LogP contribution in [0.3, 0.4) is 0 Å². The Morgan fingerprint density at radius 1 is 1.29 bits per heavy atom. The Bertz CT molecular complexity index is 606. The standard InChI is InChI=1S/C16H17ClN2O2/c17-15-9-3-8-14(18-15)16(20)19(12-5-1-2-6-12)11-13-7-4-10-21-13/h3-4,7-10,12H,1-2,5-6,11H2. The first-order valence-corrected chi connectivity index (χ1v) is 7.58. The molecule has 1 fully saturated rings. The van der Waals surface area contributed by atoms with Gasteiger partial charge in [0, 0.05) is 6.04 Å².